The largest absolute Gasteiger partial charge is 0.386 e. The fourth-order valence-corrected chi connectivity index (χ4v) is 5.01. The van der Waals surface area contributed by atoms with E-state index in [-0.39, 0.29) is 0 Å². The molecule has 16 heavy (non-hydrogen) atoms. The van der Waals surface area contributed by atoms with E-state index in [1.807, 2.05) is 19.9 Å². The minimum Gasteiger partial charge on any atom is -0.386 e. The van der Waals surface area contributed by atoms with E-state index in [4.69, 9.17) is 0 Å². The summed E-state index contributed by atoms with van der Waals surface area (Å²) in [5.41, 5.74) is 0.507. The molecule has 1 N–H and O–H groups in total. The Morgan fingerprint density at radius 2 is 1.81 bits per heavy atom. The predicted octanol–water partition coefficient (Wildman–Crippen LogP) is 3.39. The number of hydrogen-bond acceptors (Lipinski definition) is 1. The molecular formula is C15H24O. The summed E-state index contributed by atoms with van der Waals surface area (Å²) >= 11 is 0. The molecule has 0 aromatic heterocycles. The van der Waals surface area contributed by atoms with E-state index >= 15 is 0 Å². The smallest absolute Gasteiger partial charge is 0.0771 e. The Bertz CT molecular complexity index is 337. The molecule has 2 unspecified atom stereocenters. The van der Waals surface area contributed by atoms with Gasteiger partial charge in [0.25, 0.3) is 0 Å². The lowest BCUT2D eigenvalue weighted by Crippen LogP contribution is -2.26. The van der Waals surface area contributed by atoms with Crippen LogP contribution in [0.15, 0.2) is 12.2 Å². The molecule has 4 fully saturated rings. The zero-order valence-corrected chi connectivity index (χ0v) is 11.0. The Hall–Kier alpha value is -0.300. The van der Waals surface area contributed by atoms with Crippen LogP contribution in [0.5, 0.6) is 0 Å². The Morgan fingerprint density at radius 3 is 2.19 bits per heavy atom. The van der Waals surface area contributed by atoms with Gasteiger partial charge in [-0.15, -0.1) is 0 Å². The fourth-order valence-electron chi connectivity index (χ4n) is 5.01. The number of allylic oxidation sites excluding steroid dienone is 1. The van der Waals surface area contributed by atoms with Crippen molar-refractivity contribution in [1.82, 2.24) is 0 Å². The molecule has 1 nitrogen and oxygen atoms in total. The maximum Gasteiger partial charge on any atom is 0.0771 e. The molecular weight excluding hydrogens is 196 g/mol. The quantitative estimate of drug-likeness (QED) is 0.723. The van der Waals surface area contributed by atoms with Crippen molar-refractivity contribution in [1.29, 1.82) is 0 Å². The van der Waals surface area contributed by atoms with E-state index in [0.717, 1.165) is 24.2 Å². The van der Waals surface area contributed by atoms with Crippen LogP contribution in [-0.2, 0) is 0 Å². The van der Waals surface area contributed by atoms with Gasteiger partial charge in [0.1, 0.15) is 0 Å². The molecule has 4 aliphatic carbocycles. The zero-order chi connectivity index (χ0) is 11.8. The summed E-state index contributed by atoms with van der Waals surface area (Å²) in [6, 6.07) is 0. The van der Waals surface area contributed by atoms with Gasteiger partial charge in [0.05, 0.1) is 5.60 Å². The summed E-state index contributed by atoms with van der Waals surface area (Å²) in [4.78, 5) is 0. The molecule has 5 atom stereocenters. The van der Waals surface area contributed by atoms with E-state index in [9.17, 15) is 5.11 Å². The minimum atomic E-state index is -0.651. The molecule has 90 valence electrons. The van der Waals surface area contributed by atoms with Gasteiger partial charge < -0.3 is 5.11 Å². The van der Waals surface area contributed by atoms with Crippen LogP contribution in [0.3, 0.4) is 0 Å². The second-order valence-corrected chi connectivity index (χ2v) is 7.34. The lowest BCUT2D eigenvalue weighted by Gasteiger charge is -2.33. The molecule has 4 aliphatic rings. The third-order valence-electron chi connectivity index (χ3n) is 6.19. The summed E-state index contributed by atoms with van der Waals surface area (Å²) in [6.45, 7) is 8.69. The highest BCUT2D eigenvalue weighted by Crippen LogP contribution is 2.86. The Morgan fingerprint density at radius 1 is 1.25 bits per heavy atom. The maximum atomic E-state index is 9.71. The second-order valence-electron chi connectivity index (χ2n) is 7.34. The summed E-state index contributed by atoms with van der Waals surface area (Å²) in [6.07, 6.45) is 8.31. The molecule has 1 heteroatoms. The fraction of sp³-hybridized carbons (Fsp3) is 0.867. The highest BCUT2D eigenvalue weighted by Gasteiger charge is 2.80. The van der Waals surface area contributed by atoms with E-state index < -0.39 is 5.60 Å². The van der Waals surface area contributed by atoms with Crippen LogP contribution in [-0.4, -0.2) is 10.7 Å². The van der Waals surface area contributed by atoms with Gasteiger partial charge in [-0.1, -0.05) is 26.0 Å². The number of aliphatic hydroxyl groups is 1. The van der Waals surface area contributed by atoms with E-state index in [2.05, 4.69) is 19.9 Å². The van der Waals surface area contributed by atoms with E-state index in [1.54, 1.807) is 0 Å². The first-order valence-electron chi connectivity index (χ1n) is 6.69. The first kappa shape index (κ1) is 10.8. The molecule has 0 amide bonds. The molecule has 0 heterocycles. The van der Waals surface area contributed by atoms with E-state index in [1.165, 1.54) is 12.8 Å². The van der Waals surface area contributed by atoms with Crippen LogP contribution in [0.2, 0.25) is 0 Å². The van der Waals surface area contributed by atoms with Crippen molar-refractivity contribution in [3.63, 3.8) is 0 Å². The first-order valence-corrected chi connectivity index (χ1v) is 6.69. The van der Waals surface area contributed by atoms with Gasteiger partial charge in [0.2, 0.25) is 0 Å². The van der Waals surface area contributed by atoms with Crippen LogP contribution >= 0.6 is 0 Å². The van der Waals surface area contributed by atoms with Crippen molar-refractivity contribution in [3.05, 3.63) is 12.2 Å². The molecule has 0 spiro atoms. The van der Waals surface area contributed by atoms with Gasteiger partial charge in [0, 0.05) is 0 Å². The Kier molecular flexibility index (Phi) is 1.86. The van der Waals surface area contributed by atoms with Gasteiger partial charge in [-0.25, -0.2) is 0 Å². The standard InChI is InChI=1S/C15H24O/c1-13(2,16)6-5-7-14(3)10-8-11-12(9-10)15(11,14)4/h5-6,10-12,16H,7-9H2,1-4H3/b6-5+/t10?,11-,12+,14-,15?/m0/s1. The zero-order valence-electron chi connectivity index (χ0n) is 11.0. The van der Waals surface area contributed by atoms with Crippen molar-refractivity contribution in [2.24, 2.45) is 28.6 Å². The van der Waals surface area contributed by atoms with Crippen LogP contribution in [0.4, 0.5) is 0 Å². The average Bonchev–Trinajstić information content (AvgIpc) is 2.51. The van der Waals surface area contributed by atoms with Crippen molar-refractivity contribution in [2.45, 2.75) is 52.6 Å². The third kappa shape index (κ3) is 1.11. The Labute approximate surface area is 98.9 Å². The SMILES string of the molecule is CC(C)(O)/C=C/C[C@@]1(C)C2C[C@@H]3[C@H](C2)C31C. The summed E-state index contributed by atoms with van der Waals surface area (Å²) in [5.74, 6) is 3.04. The molecule has 0 radical (unpaired) electrons. The normalized spacial score (nSPS) is 53.9. The van der Waals surface area contributed by atoms with Crippen LogP contribution in [0.25, 0.3) is 0 Å². The molecule has 4 saturated carbocycles. The molecule has 4 bridgehead atoms. The Balaban J connectivity index is 1.75. The second kappa shape index (κ2) is 2.75. The van der Waals surface area contributed by atoms with Gasteiger partial charge in [-0.05, 0) is 61.7 Å². The van der Waals surface area contributed by atoms with E-state index in [0.29, 0.717) is 10.8 Å². The molecule has 0 saturated heterocycles. The summed E-state index contributed by atoms with van der Waals surface area (Å²) < 4.78 is 0. The van der Waals surface area contributed by atoms with Gasteiger partial charge in [-0.3, -0.25) is 0 Å². The molecule has 0 aromatic carbocycles. The maximum absolute atomic E-state index is 9.71. The van der Waals surface area contributed by atoms with Crippen LogP contribution in [0.1, 0.15) is 47.0 Å². The highest BCUT2D eigenvalue weighted by atomic mass is 16.3. The van der Waals surface area contributed by atoms with Gasteiger partial charge in [-0.2, -0.15) is 0 Å². The number of rotatable bonds is 3. The van der Waals surface area contributed by atoms with Crippen molar-refractivity contribution < 1.29 is 5.11 Å². The lowest BCUT2D eigenvalue weighted by atomic mass is 9.71. The minimum absolute atomic E-state index is 0.518. The van der Waals surface area contributed by atoms with Crippen molar-refractivity contribution in [2.75, 3.05) is 0 Å². The highest BCUT2D eigenvalue weighted by molar-refractivity contribution is 5.29. The van der Waals surface area contributed by atoms with Crippen molar-refractivity contribution >= 4 is 0 Å². The number of hydrogen-bond donors (Lipinski definition) is 1. The van der Waals surface area contributed by atoms with Crippen LogP contribution in [0, 0.1) is 28.6 Å². The topological polar surface area (TPSA) is 20.2 Å². The average molecular weight is 220 g/mol. The molecule has 0 aromatic rings. The van der Waals surface area contributed by atoms with Crippen LogP contribution < -0.4 is 0 Å². The summed E-state index contributed by atoms with van der Waals surface area (Å²) in [5, 5.41) is 9.71. The van der Waals surface area contributed by atoms with Gasteiger partial charge in [0.15, 0.2) is 0 Å². The van der Waals surface area contributed by atoms with Gasteiger partial charge >= 0.3 is 0 Å². The lowest BCUT2D eigenvalue weighted by molar-refractivity contribution is 0.130. The summed E-state index contributed by atoms with van der Waals surface area (Å²) in [7, 11) is 0. The monoisotopic (exact) mass is 220 g/mol. The molecule has 0 aliphatic heterocycles. The third-order valence-corrected chi connectivity index (χ3v) is 6.19. The molecule has 4 rings (SSSR count). The predicted molar refractivity (Wildman–Crippen MR) is 66.0 cm³/mol. The van der Waals surface area contributed by atoms with Crippen molar-refractivity contribution in [3.8, 4) is 0 Å². The first-order chi connectivity index (χ1) is 7.29.